The summed E-state index contributed by atoms with van der Waals surface area (Å²) >= 11 is 17.9. The number of halogens is 5. The summed E-state index contributed by atoms with van der Waals surface area (Å²) in [4.78, 5) is 11.7. The molecule has 0 aliphatic heterocycles. The Morgan fingerprint density at radius 3 is 2.24 bits per heavy atom. The molecule has 2 aromatic carbocycles. The van der Waals surface area contributed by atoms with Gasteiger partial charge < -0.3 is 10.4 Å². The van der Waals surface area contributed by atoms with Gasteiger partial charge in [-0.05, 0) is 31.0 Å². The third-order valence-electron chi connectivity index (χ3n) is 4.83. The topological polar surface area (TPSA) is 95.5 Å². The molecule has 1 aliphatic rings. The molecule has 0 heterocycles. The minimum Gasteiger partial charge on any atom is -0.391 e. The molecular formula is C19H19Cl2F3N2O4S3. The molecule has 3 rings (SSSR count). The van der Waals surface area contributed by atoms with Gasteiger partial charge in [0.05, 0.1) is 21.7 Å². The summed E-state index contributed by atoms with van der Waals surface area (Å²) in [6, 6.07) is 2.20. The highest BCUT2D eigenvalue weighted by Gasteiger charge is 2.31. The van der Waals surface area contributed by atoms with Gasteiger partial charge in [-0.2, -0.15) is 0 Å². The van der Waals surface area contributed by atoms with Crippen LogP contribution in [0.15, 0.2) is 29.2 Å². The molecule has 1 aliphatic carbocycles. The standard InChI is InChI=1S/C19H17Cl2F3N2O4S.H2S2/c20-11-8-13(22)17(31(29,30)26-15-3-1-2-4-16(15)27)7-10(11)19(28)25-9-5-12(21)18(24)14(23)6-9;1-2/h5-8,15-16,26-27H,1-4H2,(H,25,28);1-2H. The predicted molar refractivity (Wildman–Crippen MR) is 127 cm³/mol. The van der Waals surface area contributed by atoms with E-state index in [-0.39, 0.29) is 5.69 Å². The molecule has 182 valence electrons. The zero-order chi connectivity index (χ0) is 24.9. The van der Waals surface area contributed by atoms with Crippen molar-refractivity contribution in [3.05, 3.63) is 57.3 Å². The van der Waals surface area contributed by atoms with Crippen LogP contribution in [0.3, 0.4) is 0 Å². The first kappa shape index (κ1) is 28.1. The fourth-order valence-corrected chi connectivity index (χ4v) is 5.08. The SMILES string of the molecule is O=C(Nc1cc(F)c(F)c(Cl)c1)c1cc(S(=O)(=O)NC2CCCCC2O)c(F)cc1Cl.SS. The molecule has 0 spiro atoms. The van der Waals surface area contributed by atoms with Crippen LogP contribution in [-0.2, 0) is 10.0 Å². The number of anilines is 1. The highest BCUT2D eigenvalue weighted by Crippen LogP contribution is 2.28. The second-order valence-electron chi connectivity index (χ2n) is 7.05. The van der Waals surface area contributed by atoms with Crippen molar-refractivity contribution >= 4 is 68.1 Å². The van der Waals surface area contributed by atoms with Crippen molar-refractivity contribution in [2.75, 3.05) is 5.32 Å². The van der Waals surface area contributed by atoms with Crippen molar-refractivity contribution in [3.8, 4) is 0 Å². The van der Waals surface area contributed by atoms with E-state index in [9.17, 15) is 31.5 Å². The van der Waals surface area contributed by atoms with Gasteiger partial charge >= 0.3 is 0 Å². The first-order chi connectivity index (χ1) is 15.5. The molecule has 0 aromatic heterocycles. The van der Waals surface area contributed by atoms with Crippen molar-refractivity contribution in [3.63, 3.8) is 0 Å². The smallest absolute Gasteiger partial charge is 0.257 e. The number of carbonyl (C=O) groups is 1. The molecule has 2 aromatic rings. The van der Waals surface area contributed by atoms with Crippen LogP contribution in [-0.4, -0.2) is 31.6 Å². The van der Waals surface area contributed by atoms with Crippen molar-refractivity contribution < 1.29 is 31.5 Å². The Morgan fingerprint density at radius 2 is 1.64 bits per heavy atom. The molecule has 2 atom stereocenters. The molecule has 1 fully saturated rings. The van der Waals surface area contributed by atoms with Gasteiger partial charge in [0.25, 0.3) is 5.91 Å². The van der Waals surface area contributed by atoms with E-state index in [0.717, 1.165) is 18.6 Å². The summed E-state index contributed by atoms with van der Waals surface area (Å²) in [5.74, 6) is -4.81. The summed E-state index contributed by atoms with van der Waals surface area (Å²) < 4.78 is 68.9. The number of hydrogen-bond donors (Lipinski definition) is 5. The minimum absolute atomic E-state index is 0.220. The van der Waals surface area contributed by atoms with Gasteiger partial charge in [0.15, 0.2) is 11.6 Å². The largest absolute Gasteiger partial charge is 0.391 e. The van der Waals surface area contributed by atoms with Gasteiger partial charge in [0.2, 0.25) is 10.0 Å². The average molecular weight is 563 g/mol. The zero-order valence-corrected chi connectivity index (χ0v) is 20.8. The quantitative estimate of drug-likeness (QED) is 0.201. The number of amides is 1. The maximum absolute atomic E-state index is 14.4. The fraction of sp³-hybridized carbons (Fsp3) is 0.316. The van der Waals surface area contributed by atoms with Crippen molar-refractivity contribution in [1.82, 2.24) is 4.72 Å². The molecule has 0 saturated heterocycles. The Kier molecular flexibility index (Phi) is 10.2. The van der Waals surface area contributed by atoms with Crippen LogP contribution in [0.25, 0.3) is 0 Å². The van der Waals surface area contributed by atoms with Crippen molar-refractivity contribution in [2.45, 2.75) is 42.7 Å². The maximum atomic E-state index is 14.4. The van der Waals surface area contributed by atoms with Crippen LogP contribution >= 0.6 is 46.5 Å². The van der Waals surface area contributed by atoms with Crippen LogP contribution < -0.4 is 10.0 Å². The number of sulfonamides is 1. The third kappa shape index (κ3) is 6.93. The second-order valence-corrected chi connectivity index (χ2v) is 9.55. The number of hydrogen-bond acceptors (Lipinski definition) is 6. The normalized spacial score (nSPS) is 18.3. The Balaban J connectivity index is 0.00000187. The number of rotatable bonds is 5. The lowest BCUT2D eigenvalue weighted by Crippen LogP contribution is -2.45. The molecule has 3 N–H and O–H groups in total. The first-order valence-corrected chi connectivity index (χ1v) is 13.2. The van der Waals surface area contributed by atoms with Crippen LogP contribution in [0.1, 0.15) is 36.0 Å². The van der Waals surface area contributed by atoms with E-state index < -0.39 is 66.0 Å². The monoisotopic (exact) mass is 562 g/mol. The van der Waals surface area contributed by atoms with E-state index in [1.54, 1.807) is 0 Å². The summed E-state index contributed by atoms with van der Waals surface area (Å²) in [7, 11) is -4.44. The Morgan fingerprint density at radius 1 is 1.00 bits per heavy atom. The van der Waals surface area contributed by atoms with E-state index in [4.69, 9.17) is 23.2 Å². The van der Waals surface area contributed by atoms with E-state index in [1.807, 2.05) is 0 Å². The molecule has 33 heavy (non-hydrogen) atoms. The highest BCUT2D eigenvalue weighted by molar-refractivity contribution is 8.59. The molecule has 6 nitrogen and oxygen atoms in total. The molecular weight excluding hydrogens is 544 g/mol. The Labute approximate surface area is 209 Å². The number of carbonyl (C=O) groups excluding carboxylic acids is 1. The van der Waals surface area contributed by atoms with E-state index in [1.165, 1.54) is 0 Å². The summed E-state index contributed by atoms with van der Waals surface area (Å²) in [6.45, 7) is 0. The fourth-order valence-electron chi connectivity index (χ4n) is 3.25. The Hall–Kier alpha value is -1.15. The summed E-state index contributed by atoms with van der Waals surface area (Å²) in [6.07, 6.45) is 1.30. The summed E-state index contributed by atoms with van der Waals surface area (Å²) in [5.41, 5.74) is -0.643. The number of aliphatic hydroxyl groups is 1. The van der Waals surface area contributed by atoms with Crippen LogP contribution in [0.4, 0.5) is 18.9 Å². The molecule has 1 saturated carbocycles. The second kappa shape index (κ2) is 12.0. The number of nitrogens with one attached hydrogen (secondary N) is 2. The van der Waals surface area contributed by atoms with E-state index >= 15 is 0 Å². The Bertz CT molecular complexity index is 1120. The summed E-state index contributed by atoms with van der Waals surface area (Å²) in [5, 5.41) is 11.2. The van der Waals surface area contributed by atoms with Gasteiger partial charge in [-0.25, -0.2) is 26.3 Å². The predicted octanol–water partition coefficient (Wildman–Crippen LogP) is 5.01. The van der Waals surface area contributed by atoms with E-state index in [0.29, 0.717) is 31.4 Å². The highest BCUT2D eigenvalue weighted by atomic mass is 35.5. The van der Waals surface area contributed by atoms with Gasteiger partial charge in [-0.1, -0.05) is 36.0 Å². The molecule has 2 unspecified atom stereocenters. The van der Waals surface area contributed by atoms with Crippen molar-refractivity contribution in [2.24, 2.45) is 0 Å². The number of benzene rings is 2. The van der Waals surface area contributed by atoms with Crippen LogP contribution in [0.5, 0.6) is 0 Å². The lowest BCUT2D eigenvalue weighted by atomic mass is 9.93. The third-order valence-corrected chi connectivity index (χ3v) is 6.93. The minimum atomic E-state index is -4.44. The van der Waals surface area contributed by atoms with E-state index in [2.05, 4.69) is 33.4 Å². The van der Waals surface area contributed by atoms with Gasteiger partial charge in [-0.3, -0.25) is 4.79 Å². The van der Waals surface area contributed by atoms with Crippen molar-refractivity contribution in [1.29, 1.82) is 0 Å². The molecule has 1 amide bonds. The lowest BCUT2D eigenvalue weighted by molar-refractivity contribution is 0.101. The van der Waals surface area contributed by atoms with Gasteiger partial charge in [0.1, 0.15) is 10.7 Å². The lowest BCUT2D eigenvalue weighted by Gasteiger charge is -2.28. The van der Waals surface area contributed by atoms with Crippen LogP contribution in [0.2, 0.25) is 10.0 Å². The number of aliphatic hydroxyl groups excluding tert-OH is 1. The molecule has 0 radical (unpaired) electrons. The average Bonchev–Trinajstić information content (AvgIpc) is 2.74. The molecule has 0 bridgehead atoms. The van der Waals surface area contributed by atoms with Gasteiger partial charge in [-0.15, -0.1) is 23.3 Å². The molecule has 14 heteroatoms. The zero-order valence-electron chi connectivity index (χ0n) is 16.7. The van der Waals surface area contributed by atoms with Gasteiger partial charge in [0, 0.05) is 17.8 Å². The number of thiol groups is 2. The maximum Gasteiger partial charge on any atom is 0.257 e. The first-order valence-electron chi connectivity index (χ1n) is 9.35. The van der Waals surface area contributed by atoms with Crippen LogP contribution in [0, 0.1) is 17.5 Å².